The highest BCUT2D eigenvalue weighted by Crippen LogP contribution is 2.25. The van der Waals surface area contributed by atoms with E-state index in [9.17, 15) is 14.4 Å². The van der Waals surface area contributed by atoms with Crippen molar-refractivity contribution in [1.29, 1.82) is 0 Å². The van der Waals surface area contributed by atoms with Gasteiger partial charge in [-0.2, -0.15) is 0 Å². The summed E-state index contributed by atoms with van der Waals surface area (Å²) in [5.74, 6) is -1.24. The summed E-state index contributed by atoms with van der Waals surface area (Å²) in [5.41, 5.74) is 6.07. The van der Waals surface area contributed by atoms with Gasteiger partial charge in [0, 0.05) is 6.04 Å². The maximum Gasteiger partial charge on any atom is 0.249 e. The molecule has 2 rings (SSSR count). The van der Waals surface area contributed by atoms with Gasteiger partial charge in [0.15, 0.2) is 0 Å². The van der Waals surface area contributed by atoms with Crippen molar-refractivity contribution < 1.29 is 14.4 Å². The second-order valence-corrected chi connectivity index (χ2v) is 5.46. The molecule has 0 aromatic carbocycles. The van der Waals surface area contributed by atoms with Gasteiger partial charge < -0.3 is 10.6 Å². The molecule has 2 fully saturated rings. The van der Waals surface area contributed by atoms with Crippen molar-refractivity contribution in [2.45, 2.75) is 51.1 Å². The standard InChI is InChI=1S/C13H21N3O3/c1-8-12(18)15-11(17)7-16(8)13(19)9-5-3-2-4-6-10(9)14/h8-10H,2-7,14H2,1H3,(H,15,17,18). The minimum atomic E-state index is -0.597. The minimum absolute atomic E-state index is 0.0467. The van der Waals surface area contributed by atoms with Crippen molar-refractivity contribution in [2.75, 3.05) is 6.54 Å². The van der Waals surface area contributed by atoms with Crippen LogP contribution in [-0.2, 0) is 14.4 Å². The fourth-order valence-electron chi connectivity index (χ4n) is 2.84. The zero-order chi connectivity index (χ0) is 14.0. The highest BCUT2D eigenvalue weighted by Gasteiger charge is 2.38. The van der Waals surface area contributed by atoms with Gasteiger partial charge in [-0.05, 0) is 19.8 Å². The molecule has 0 spiro atoms. The van der Waals surface area contributed by atoms with Gasteiger partial charge in [0.1, 0.15) is 12.6 Å². The molecule has 3 atom stereocenters. The van der Waals surface area contributed by atoms with E-state index in [0.29, 0.717) is 0 Å². The molecule has 0 aromatic rings. The second kappa shape index (κ2) is 5.69. The Hall–Kier alpha value is -1.43. The first-order valence-electron chi connectivity index (χ1n) is 6.90. The van der Waals surface area contributed by atoms with Crippen molar-refractivity contribution in [3.63, 3.8) is 0 Å². The van der Waals surface area contributed by atoms with Crippen LogP contribution >= 0.6 is 0 Å². The zero-order valence-electron chi connectivity index (χ0n) is 11.2. The first-order valence-corrected chi connectivity index (χ1v) is 6.90. The molecule has 3 unspecified atom stereocenters. The Morgan fingerprint density at radius 2 is 1.95 bits per heavy atom. The van der Waals surface area contributed by atoms with E-state index in [1.165, 1.54) is 4.90 Å². The summed E-state index contributed by atoms with van der Waals surface area (Å²) >= 11 is 0. The van der Waals surface area contributed by atoms with Crippen LogP contribution in [0, 0.1) is 5.92 Å². The van der Waals surface area contributed by atoms with Gasteiger partial charge >= 0.3 is 0 Å². The summed E-state index contributed by atoms with van der Waals surface area (Å²) in [6.45, 7) is 1.59. The van der Waals surface area contributed by atoms with E-state index in [0.717, 1.165) is 32.1 Å². The van der Waals surface area contributed by atoms with Gasteiger partial charge in [0.2, 0.25) is 17.7 Å². The molecular weight excluding hydrogens is 246 g/mol. The number of amides is 3. The minimum Gasteiger partial charge on any atom is -0.327 e. The Morgan fingerprint density at radius 3 is 2.68 bits per heavy atom. The van der Waals surface area contributed by atoms with E-state index >= 15 is 0 Å². The van der Waals surface area contributed by atoms with E-state index in [4.69, 9.17) is 5.73 Å². The van der Waals surface area contributed by atoms with Gasteiger partial charge in [-0.3, -0.25) is 19.7 Å². The Bertz CT molecular complexity index is 397. The molecule has 1 saturated heterocycles. The Kier molecular flexibility index (Phi) is 4.19. The number of piperazine rings is 1. The van der Waals surface area contributed by atoms with Crippen LogP contribution in [0.3, 0.4) is 0 Å². The summed E-state index contributed by atoms with van der Waals surface area (Å²) < 4.78 is 0. The number of carbonyl (C=O) groups is 3. The summed E-state index contributed by atoms with van der Waals surface area (Å²) in [6, 6.07) is -0.761. The number of hydrogen-bond acceptors (Lipinski definition) is 4. The number of nitrogens with one attached hydrogen (secondary N) is 1. The molecule has 0 bridgehead atoms. The quantitative estimate of drug-likeness (QED) is 0.507. The largest absolute Gasteiger partial charge is 0.327 e. The van der Waals surface area contributed by atoms with Gasteiger partial charge in [-0.15, -0.1) is 0 Å². The summed E-state index contributed by atoms with van der Waals surface area (Å²) in [5, 5.41) is 2.24. The average molecular weight is 267 g/mol. The molecule has 6 heteroatoms. The average Bonchev–Trinajstić information content (AvgIpc) is 2.57. The molecule has 1 saturated carbocycles. The van der Waals surface area contributed by atoms with E-state index in [1.807, 2.05) is 0 Å². The first kappa shape index (κ1) is 14.0. The number of imide groups is 1. The molecule has 1 heterocycles. The molecule has 0 aromatic heterocycles. The highest BCUT2D eigenvalue weighted by atomic mass is 16.2. The van der Waals surface area contributed by atoms with Gasteiger partial charge in [-0.1, -0.05) is 19.3 Å². The fraction of sp³-hybridized carbons (Fsp3) is 0.769. The molecule has 1 aliphatic heterocycles. The normalized spacial score (nSPS) is 32.7. The third kappa shape index (κ3) is 2.94. The van der Waals surface area contributed by atoms with Crippen LogP contribution < -0.4 is 11.1 Å². The smallest absolute Gasteiger partial charge is 0.249 e. The van der Waals surface area contributed by atoms with Crippen molar-refractivity contribution in [3.05, 3.63) is 0 Å². The maximum atomic E-state index is 12.5. The third-order valence-electron chi connectivity index (χ3n) is 4.09. The predicted molar refractivity (Wildman–Crippen MR) is 68.9 cm³/mol. The van der Waals surface area contributed by atoms with Crippen LogP contribution in [-0.4, -0.2) is 41.2 Å². The number of nitrogens with two attached hydrogens (primary N) is 1. The molecule has 1 aliphatic carbocycles. The number of nitrogens with zero attached hydrogens (tertiary/aromatic N) is 1. The Balaban J connectivity index is 2.12. The Labute approximate surface area is 112 Å². The van der Waals surface area contributed by atoms with E-state index in [2.05, 4.69) is 5.32 Å². The van der Waals surface area contributed by atoms with Crippen molar-refractivity contribution in [3.8, 4) is 0 Å². The van der Waals surface area contributed by atoms with Crippen LogP contribution in [0.15, 0.2) is 0 Å². The highest BCUT2D eigenvalue weighted by molar-refractivity contribution is 6.04. The van der Waals surface area contributed by atoms with E-state index in [1.54, 1.807) is 6.92 Å². The number of carbonyl (C=O) groups excluding carboxylic acids is 3. The summed E-state index contributed by atoms with van der Waals surface area (Å²) in [7, 11) is 0. The van der Waals surface area contributed by atoms with Crippen LogP contribution in [0.4, 0.5) is 0 Å². The lowest BCUT2D eigenvalue weighted by Crippen LogP contribution is -2.60. The lowest BCUT2D eigenvalue weighted by atomic mass is 9.93. The summed E-state index contributed by atoms with van der Waals surface area (Å²) in [6.07, 6.45) is 4.69. The van der Waals surface area contributed by atoms with E-state index < -0.39 is 17.9 Å². The zero-order valence-corrected chi connectivity index (χ0v) is 11.2. The molecule has 3 amide bonds. The number of rotatable bonds is 1. The molecule has 19 heavy (non-hydrogen) atoms. The molecule has 106 valence electrons. The SMILES string of the molecule is CC1C(=O)NC(=O)CN1C(=O)C1CCCCCC1N. The lowest BCUT2D eigenvalue weighted by Gasteiger charge is -2.35. The van der Waals surface area contributed by atoms with Gasteiger partial charge in [-0.25, -0.2) is 0 Å². The number of hydrogen-bond donors (Lipinski definition) is 2. The Morgan fingerprint density at radius 1 is 1.26 bits per heavy atom. The second-order valence-electron chi connectivity index (χ2n) is 5.46. The van der Waals surface area contributed by atoms with Crippen LogP contribution in [0.1, 0.15) is 39.0 Å². The predicted octanol–water partition coefficient (Wildman–Crippen LogP) is -0.232. The van der Waals surface area contributed by atoms with Crippen LogP contribution in [0.5, 0.6) is 0 Å². The molecule has 6 nitrogen and oxygen atoms in total. The molecule has 3 N–H and O–H groups in total. The monoisotopic (exact) mass is 267 g/mol. The third-order valence-corrected chi connectivity index (χ3v) is 4.09. The van der Waals surface area contributed by atoms with Gasteiger partial charge in [0.05, 0.1) is 5.92 Å². The van der Waals surface area contributed by atoms with Crippen LogP contribution in [0.2, 0.25) is 0 Å². The fourth-order valence-corrected chi connectivity index (χ4v) is 2.84. The maximum absolute atomic E-state index is 12.5. The summed E-state index contributed by atoms with van der Waals surface area (Å²) in [4.78, 5) is 36.9. The topological polar surface area (TPSA) is 92.5 Å². The van der Waals surface area contributed by atoms with Crippen molar-refractivity contribution >= 4 is 17.7 Å². The van der Waals surface area contributed by atoms with Crippen molar-refractivity contribution in [1.82, 2.24) is 10.2 Å². The van der Waals surface area contributed by atoms with E-state index in [-0.39, 0.29) is 24.4 Å². The molecular formula is C13H21N3O3. The van der Waals surface area contributed by atoms with Crippen LogP contribution in [0.25, 0.3) is 0 Å². The van der Waals surface area contributed by atoms with Gasteiger partial charge in [0.25, 0.3) is 0 Å². The molecule has 0 radical (unpaired) electrons. The van der Waals surface area contributed by atoms with Crippen molar-refractivity contribution in [2.24, 2.45) is 11.7 Å². The first-order chi connectivity index (χ1) is 9.00. The molecule has 2 aliphatic rings. The lowest BCUT2D eigenvalue weighted by molar-refractivity contribution is -0.152.